The Morgan fingerprint density at radius 2 is 2.08 bits per heavy atom. The molecule has 25 heavy (non-hydrogen) atoms. The van der Waals surface area contributed by atoms with Gasteiger partial charge in [-0.2, -0.15) is 0 Å². The lowest BCUT2D eigenvalue weighted by atomic mass is 10.1. The third-order valence-electron chi connectivity index (χ3n) is 4.17. The Hall–Kier alpha value is -2.67. The minimum atomic E-state index is -0.485. The van der Waals surface area contributed by atoms with Crippen molar-refractivity contribution in [2.45, 2.75) is 19.8 Å². The van der Waals surface area contributed by atoms with E-state index in [0.29, 0.717) is 11.4 Å². The predicted octanol–water partition coefficient (Wildman–Crippen LogP) is 2.12. The molecule has 1 aliphatic heterocycles. The lowest BCUT2D eigenvalue weighted by Crippen LogP contribution is -2.44. The molecule has 1 aromatic carbocycles. The molecule has 130 valence electrons. The van der Waals surface area contributed by atoms with Crippen LogP contribution in [-0.2, 0) is 16.0 Å². The molecule has 3 rings (SSSR count). The highest BCUT2D eigenvalue weighted by Crippen LogP contribution is 2.26. The van der Waals surface area contributed by atoms with Gasteiger partial charge in [-0.1, -0.05) is 25.1 Å². The lowest BCUT2D eigenvalue weighted by Gasteiger charge is -2.17. The van der Waals surface area contributed by atoms with E-state index in [1.54, 1.807) is 22.4 Å². The molecule has 1 atom stereocenters. The van der Waals surface area contributed by atoms with Crippen molar-refractivity contribution in [2.24, 2.45) is 5.92 Å². The van der Waals surface area contributed by atoms with Crippen molar-refractivity contribution < 1.29 is 14.4 Å². The van der Waals surface area contributed by atoms with Gasteiger partial charge in [-0.05, 0) is 35.6 Å². The number of amides is 3. The Balaban J connectivity index is 1.59. The minimum Gasteiger partial charge on any atom is -0.312 e. The van der Waals surface area contributed by atoms with Gasteiger partial charge in [0.25, 0.3) is 5.91 Å². The number of nitrogens with one attached hydrogen (secondary N) is 2. The molecular weight excluding hydrogens is 338 g/mol. The van der Waals surface area contributed by atoms with E-state index in [1.165, 1.54) is 11.3 Å². The van der Waals surface area contributed by atoms with Crippen LogP contribution in [0, 0.1) is 5.92 Å². The van der Waals surface area contributed by atoms with Crippen molar-refractivity contribution in [1.29, 1.82) is 0 Å². The number of thiophene rings is 1. The van der Waals surface area contributed by atoms with Crippen LogP contribution in [0.15, 0.2) is 41.8 Å². The van der Waals surface area contributed by atoms with Gasteiger partial charge in [-0.3, -0.25) is 25.2 Å². The monoisotopic (exact) mass is 357 g/mol. The van der Waals surface area contributed by atoms with Gasteiger partial charge < -0.3 is 4.90 Å². The van der Waals surface area contributed by atoms with Crippen LogP contribution in [0.5, 0.6) is 0 Å². The first-order chi connectivity index (χ1) is 12.1. The van der Waals surface area contributed by atoms with Crippen LogP contribution >= 0.6 is 11.3 Å². The molecule has 0 spiro atoms. The van der Waals surface area contributed by atoms with Gasteiger partial charge in [0.15, 0.2) is 0 Å². The molecular formula is C18H19N3O3S. The van der Waals surface area contributed by atoms with Crippen LogP contribution < -0.4 is 15.8 Å². The molecule has 1 saturated heterocycles. The normalized spacial score (nSPS) is 16.8. The standard InChI is InChI=1S/C18H19N3O3S/c1-2-12-5-3-6-14(9-12)21-11-13(10-16(21)22)17(23)19-20-18(24)15-7-4-8-25-15/h3-9,13H,2,10-11H2,1H3,(H,19,23)(H,20,24)/t13-/m1/s1. The maximum Gasteiger partial charge on any atom is 0.279 e. The molecule has 2 heterocycles. The molecule has 3 amide bonds. The summed E-state index contributed by atoms with van der Waals surface area (Å²) in [6.45, 7) is 2.37. The number of hydrogen-bond acceptors (Lipinski definition) is 4. The van der Waals surface area contributed by atoms with Gasteiger partial charge in [-0.25, -0.2) is 0 Å². The summed E-state index contributed by atoms with van der Waals surface area (Å²) in [6, 6.07) is 11.2. The van der Waals surface area contributed by atoms with E-state index in [2.05, 4.69) is 17.8 Å². The topological polar surface area (TPSA) is 78.5 Å². The summed E-state index contributed by atoms with van der Waals surface area (Å²) >= 11 is 1.29. The molecule has 2 aromatic rings. The minimum absolute atomic E-state index is 0.0852. The van der Waals surface area contributed by atoms with Crippen LogP contribution in [0.25, 0.3) is 0 Å². The highest BCUT2D eigenvalue weighted by atomic mass is 32.1. The summed E-state index contributed by atoms with van der Waals surface area (Å²) in [5.74, 6) is -1.29. The molecule has 2 N–H and O–H groups in total. The number of carbonyl (C=O) groups is 3. The summed E-state index contributed by atoms with van der Waals surface area (Å²) in [4.78, 5) is 38.5. The quantitative estimate of drug-likeness (QED) is 0.823. The Bertz CT molecular complexity index is 789. The Morgan fingerprint density at radius 1 is 1.24 bits per heavy atom. The van der Waals surface area contributed by atoms with Crippen LogP contribution in [0.4, 0.5) is 5.69 Å². The Labute approximate surface area is 149 Å². The summed E-state index contributed by atoms with van der Waals surface area (Å²) in [5.41, 5.74) is 6.76. The highest BCUT2D eigenvalue weighted by molar-refractivity contribution is 7.12. The van der Waals surface area contributed by atoms with Crippen molar-refractivity contribution in [3.05, 3.63) is 52.2 Å². The van der Waals surface area contributed by atoms with E-state index in [9.17, 15) is 14.4 Å². The van der Waals surface area contributed by atoms with Gasteiger partial charge in [0.1, 0.15) is 0 Å². The number of benzene rings is 1. The van der Waals surface area contributed by atoms with Crippen molar-refractivity contribution in [3.63, 3.8) is 0 Å². The highest BCUT2D eigenvalue weighted by Gasteiger charge is 2.35. The van der Waals surface area contributed by atoms with Gasteiger partial charge >= 0.3 is 0 Å². The van der Waals surface area contributed by atoms with E-state index in [4.69, 9.17) is 0 Å². The summed E-state index contributed by atoms with van der Waals surface area (Å²) in [5, 5.41) is 1.79. The number of nitrogens with zero attached hydrogens (tertiary/aromatic N) is 1. The number of rotatable bonds is 4. The smallest absolute Gasteiger partial charge is 0.279 e. The van der Waals surface area contributed by atoms with Crippen molar-refractivity contribution in [1.82, 2.24) is 10.9 Å². The van der Waals surface area contributed by atoms with Crippen LogP contribution in [-0.4, -0.2) is 24.3 Å². The largest absolute Gasteiger partial charge is 0.312 e. The summed E-state index contributed by atoms with van der Waals surface area (Å²) in [6.07, 6.45) is 1.02. The average Bonchev–Trinajstić information content (AvgIpc) is 3.29. The molecule has 1 aliphatic rings. The molecule has 7 heteroatoms. The lowest BCUT2D eigenvalue weighted by molar-refractivity contribution is -0.126. The SMILES string of the molecule is CCc1cccc(N2C[C@H](C(=O)NNC(=O)c3cccs3)CC2=O)c1. The number of aryl methyl sites for hydroxylation is 1. The molecule has 1 fully saturated rings. The van der Waals surface area contributed by atoms with Gasteiger partial charge in [-0.15, -0.1) is 11.3 Å². The molecule has 0 aliphatic carbocycles. The number of anilines is 1. The predicted molar refractivity (Wildman–Crippen MR) is 96.2 cm³/mol. The van der Waals surface area contributed by atoms with E-state index in [0.717, 1.165) is 17.7 Å². The second-order valence-corrected chi connectivity index (χ2v) is 6.80. The molecule has 0 bridgehead atoms. The summed E-state index contributed by atoms with van der Waals surface area (Å²) < 4.78 is 0. The Kier molecular flexibility index (Phi) is 5.14. The zero-order valence-corrected chi connectivity index (χ0v) is 14.6. The zero-order chi connectivity index (χ0) is 17.8. The van der Waals surface area contributed by atoms with Crippen LogP contribution in [0.2, 0.25) is 0 Å². The maximum absolute atomic E-state index is 12.3. The van der Waals surface area contributed by atoms with E-state index in [1.807, 2.05) is 24.3 Å². The molecule has 0 saturated carbocycles. The third kappa shape index (κ3) is 3.88. The second-order valence-electron chi connectivity index (χ2n) is 5.85. The number of hydrogen-bond donors (Lipinski definition) is 2. The van der Waals surface area contributed by atoms with E-state index >= 15 is 0 Å². The first-order valence-corrected chi connectivity index (χ1v) is 8.99. The van der Waals surface area contributed by atoms with Crippen LogP contribution in [0.1, 0.15) is 28.6 Å². The van der Waals surface area contributed by atoms with E-state index < -0.39 is 5.92 Å². The van der Waals surface area contributed by atoms with E-state index in [-0.39, 0.29) is 24.1 Å². The fourth-order valence-corrected chi connectivity index (χ4v) is 3.39. The van der Waals surface area contributed by atoms with Gasteiger partial charge in [0, 0.05) is 18.7 Å². The van der Waals surface area contributed by atoms with Crippen molar-refractivity contribution >= 4 is 34.7 Å². The third-order valence-corrected chi connectivity index (χ3v) is 5.04. The van der Waals surface area contributed by atoms with Crippen molar-refractivity contribution in [3.8, 4) is 0 Å². The first kappa shape index (κ1) is 17.2. The number of hydrazine groups is 1. The zero-order valence-electron chi connectivity index (χ0n) is 13.8. The molecule has 1 aromatic heterocycles. The molecule has 6 nitrogen and oxygen atoms in total. The van der Waals surface area contributed by atoms with Gasteiger partial charge in [0.05, 0.1) is 10.8 Å². The fraction of sp³-hybridized carbons (Fsp3) is 0.278. The van der Waals surface area contributed by atoms with Crippen LogP contribution in [0.3, 0.4) is 0 Å². The second kappa shape index (κ2) is 7.48. The maximum atomic E-state index is 12.3. The van der Waals surface area contributed by atoms with Crippen molar-refractivity contribution in [2.75, 3.05) is 11.4 Å². The Morgan fingerprint density at radius 3 is 2.80 bits per heavy atom. The number of carbonyl (C=O) groups excluding carboxylic acids is 3. The molecule has 0 unspecified atom stereocenters. The first-order valence-electron chi connectivity index (χ1n) is 8.11. The molecule has 0 radical (unpaired) electrons. The summed E-state index contributed by atoms with van der Waals surface area (Å²) in [7, 11) is 0. The average molecular weight is 357 g/mol. The van der Waals surface area contributed by atoms with Gasteiger partial charge in [0.2, 0.25) is 11.8 Å². The fourth-order valence-electron chi connectivity index (χ4n) is 2.77.